The molecule has 5 nitrogen and oxygen atoms in total. The van der Waals surface area contributed by atoms with Crippen LogP contribution in [0.2, 0.25) is 0 Å². The van der Waals surface area contributed by atoms with E-state index in [0.29, 0.717) is 13.2 Å². The van der Waals surface area contributed by atoms with E-state index < -0.39 is 5.97 Å². The molecule has 0 bridgehead atoms. The van der Waals surface area contributed by atoms with Gasteiger partial charge in [0.25, 0.3) is 0 Å². The summed E-state index contributed by atoms with van der Waals surface area (Å²) in [5, 5.41) is 10.6. The highest BCUT2D eigenvalue weighted by Crippen LogP contribution is 2.19. The molecule has 0 spiro atoms. The second kappa shape index (κ2) is 3.93. The van der Waals surface area contributed by atoms with E-state index in [-0.39, 0.29) is 5.01 Å². The zero-order valence-electron chi connectivity index (χ0n) is 7.47. The lowest BCUT2D eigenvalue weighted by Gasteiger charge is -2.26. The average molecular weight is 214 g/mol. The van der Waals surface area contributed by atoms with E-state index in [4.69, 9.17) is 9.84 Å². The van der Waals surface area contributed by atoms with Crippen LogP contribution < -0.4 is 4.90 Å². The number of rotatable bonds is 2. The average Bonchev–Trinajstić information content (AvgIpc) is 2.68. The van der Waals surface area contributed by atoms with Gasteiger partial charge < -0.3 is 14.7 Å². The molecule has 0 aliphatic carbocycles. The van der Waals surface area contributed by atoms with E-state index in [0.717, 1.165) is 30.2 Å². The molecule has 1 N–H and O–H groups in total. The second-order valence-electron chi connectivity index (χ2n) is 2.92. The van der Waals surface area contributed by atoms with Crippen molar-refractivity contribution < 1.29 is 14.6 Å². The third-order valence-corrected chi connectivity index (χ3v) is 2.83. The molecule has 1 aromatic heterocycles. The van der Waals surface area contributed by atoms with Crippen molar-refractivity contribution >= 4 is 23.1 Å². The van der Waals surface area contributed by atoms with Crippen molar-refractivity contribution in [1.29, 1.82) is 0 Å². The highest BCUT2D eigenvalue weighted by atomic mass is 32.1. The molecule has 2 heterocycles. The second-order valence-corrected chi connectivity index (χ2v) is 3.77. The SMILES string of the molecule is O=C(O)c1nc(N2CCOCC2)cs1. The molecule has 0 aromatic carbocycles. The van der Waals surface area contributed by atoms with Gasteiger partial charge in [0, 0.05) is 18.5 Å². The normalized spacial score (nSPS) is 17.0. The van der Waals surface area contributed by atoms with Gasteiger partial charge in [0.15, 0.2) is 0 Å². The molecule has 0 radical (unpaired) electrons. The molecule has 1 fully saturated rings. The standard InChI is InChI=1S/C8H10N2O3S/c11-8(12)7-9-6(5-14-7)10-1-3-13-4-2-10/h5H,1-4H2,(H,11,12). The minimum Gasteiger partial charge on any atom is -0.476 e. The van der Waals surface area contributed by atoms with Crippen LogP contribution in [0.5, 0.6) is 0 Å². The summed E-state index contributed by atoms with van der Waals surface area (Å²) in [4.78, 5) is 16.7. The van der Waals surface area contributed by atoms with Gasteiger partial charge in [-0.15, -0.1) is 11.3 Å². The van der Waals surface area contributed by atoms with Gasteiger partial charge in [-0.3, -0.25) is 0 Å². The van der Waals surface area contributed by atoms with Crippen LogP contribution in [-0.4, -0.2) is 42.4 Å². The Kier molecular flexibility index (Phi) is 2.64. The molecule has 2 rings (SSSR count). The molecule has 6 heteroatoms. The molecule has 1 aliphatic heterocycles. The van der Waals surface area contributed by atoms with Gasteiger partial charge in [-0.05, 0) is 0 Å². The first-order valence-electron chi connectivity index (χ1n) is 4.29. The maximum atomic E-state index is 10.6. The monoisotopic (exact) mass is 214 g/mol. The molecule has 14 heavy (non-hydrogen) atoms. The Hall–Kier alpha value is -1.14. The molecule has 1 saturated heterocycles. The van der Waals surface area contributed by atoms with Crippen LogP contribution in [-0.2, 0) is 4.74 Å². The number of nitrogens with zero attached hydrogens (tertiary/aromatic N) is 2. The molecular weight excluding hydrogens is 204 g/mol. The largest absolute Gasteiger partial charge is 0.476 e. The first-order valence-corrected chi connectivity index (χ1v) is 5.17. The van der Waals surface area contributed by atoms with E-state index in [1.807, 2.05) is 4.90 Å². The quantitative estimate of drug-likeness (QED) is 0.784. The molecule has 1 aliphatic rings. The molecular formula is C8H10N2O3S. The van der Waals surface area contributed by atoms with E-state index >= 15 is 0 Å². The molecule has 0 atom stereocenters. The highest BCUT2D eigenvalue weighted by Gasteiger charge is 2.16. The Morgan fingerprint density at radius 1 is 1.57 bits per heavy atom. The lowest BCUT2D eigenvalue weighted by atomic mass is 10.4. The van der Waals surface area contributed by atoms with Crippen LogP contribution in [0.3, 0.4) is 0 Å². The van der Waals surface area contributed by atoms with Gasteiger partial charge in [0.05, 0.1) is 13.2 Å². The lowest BCUT2D eigenvalue weighted by molar-refractivity contribution is 0.0696. The Bertz CT molecular complexity index is 333. The van der Waals surface area contributed by atoms with Crippen LogP contribution in [0, 0.1) is 0 Å². The summed E-state index contributed by atoms with van der Waals surface area (Å²) in [5.74, 6) is -0.217. The zero-order chi connectivity index (χ0) is 9.97. The van der Waals surface area contributed by atoms with Crippen LogP contribution in [0.15, 0.2) is 5.38 Å². The number of aromatic carboxylic acids is 1. The van der Waals surface area contributed by atoms with Crippen molar-refractivity contribution in [3.8, 4) is 0 Å². The molecule has 1 aromatic rings. The van der Waals surface area contributed by atoms with Crippen LogP contribution in [0.1, 0.15) is 9.80 Å². The summed E-state index contributed by atoms with van der Waals surface area (Å²) in [6, 6.07) is 0. The summed E-state index contributed by atoms with van der Waals surface area (Å²) in [7, 11) is 0. The van der Waals surface area contributed by atoms with Crippen molar-refractivity contribution in [1.82, 2.24) is 4.98 Å². The van der Waals surface area contributed by atoms with Crippen LogP contribution in [0.25, 0.3) is 0 Å². The number of carbonyl (C=O) groups is 1. The number of anilines is 1. The molecule has 0 amide bonds. The van der Waals surface area contributed by atoms with E-state index in [1.54, 1.807) is 5.38 Å². The molecule has 0 saturated carbocycles. The Labute approximate surface area is 84.9 Å². The van der Waals surface area contributed by atoms with Gasteiger partial charge in [0.2, 0.25) is 5.01 Å². The number of ether oxygens (including phenoxy) is 1. The topological polar surface area (TPSA) is 62.7 Å². The molecule has 76 valence electrons. The number of hydrogen-bond donors (Lipinski definition) is 1. The smallest absolute Gasteiger partial charge is 0.365 e. The minimum absolute atomic E-state index is 0.145. The van der Waals surface area contributed by atoms with Crippen molar-refractivity contribution in [2.24, 2.45) is 0 Å². The number of thiazole rings is 1. The summed E-state index contributed by atoms with van der Waals surface area (Å²) in [5.41, 5.74) is 0. The molecule has 0 unspecified atom stereocenters. The number of morpholine rings is 1. The maximum absolute atomic E-state index is 10.6. The Morgan fingerprint density at radius 3 is 2.86 bits per heavy atom. The minimum atomic E-state index is -0.963. The predicted molar refractivity (Wildman–Crippen MR) is 52.1 cm³/mol. The van der Waals surface area contributed by atoms with E-state index in [2.05, 4.69) is 4.98 Å². The van der Waals surface area contributed by atoms with E-state index in [9.17, 15) is 4.79 Å². The van der Waals surface area contributed by atoms with Gasteiger partial charge in [0.1, 0.15) is 5.82 Å². The maximum Gasteiger partial charge on any atom is 0.365 e. The number of carboxylic acid groups (broad SMARTS) is 1. The first-order chi connectivity index (χ1) is 6.77. The van der Waals surface area contributed by atoms with Gasteiger partial charge in [-0.2, -0.15) is 0 Å². The first kappa shape index (κ1) is 9.42. The van der Waals surface area contributed by atoms with Crippen molar-refractivity contribution in [3.63, 3.8) is 0 Å². The summed E-state index contributed by atoms with van der Waals surface area (Å²) < 4.78 is 5.19. The third kappa shape index (κ3) is 1.85. The van der Waals surface area contributed by atoms with Gasteiger partial charge in [-0.25, -0.2) is 9.78 Å². The fourth-order valence-corrected chi connectivity index (χ4v) is 1.97. The fraction of sp³-hybridized carbons (Fsp3) is 0.500. The van der Waals surface area contributed by atoms with Gasteiger partial charge >= 0.3 is 5.97 Å². The highest BCUT2D eigenvalue weighted by molar-refractivity contribution is 7.11. The summed E-state index contributed by atoms with van der Waals surface area (Å²) >= 11 is 1.16. The van der Waals surface area contributed by atoms with Gasteiger partial charge in [-0.1, -0.05) is 0 Å². The zero-order valence-corrected chi connectivity index (χ0v) is 8.29. The summed E-state index contributed by atoms with van der Waals surface area (Å²) in [6.07, 6.45) is 0. The van der Waals surface area contributed by atoms with Crippen molar-refractivity contribution in [3.05, 3.63) is 10.4 Å². The summed E-state index contributed by atoms with van der Waals surface area (Å²) in [6.45, 7) is 2.92. The third-order valence-electron chi connectivity index (χ3n) is 2.01. The number of carboxylic acids is 1. The van der Waals surface area contributed by atoms with Crippen molar-refractivity contribution in [2.75, 3.05) is 31.2 Å². The van der Waals surface area contributed by atoms with Crippen molar-refractivity contribution in [2.45, 2.75) is 0 Å². The fourth-order valence-electron chi connectivity index (χ4n) is 1.30. The van der Waals surface area contributed by atoms with Crippen LogP contribution >= 0.6 is 11.3 Å². The van der Waals surface area contributed by atoms with Crippen LogP contribution in [0.4, 0.5) is 5.82 Å². The van der Waals surface area contributed by atoms with E-state index in [1.165, 1.54) is 0 Å². The predicted octanol–water partition coefficient (Wildman–Crippen LogP) is 0.678. The lowest BCUT2D eigenvalue weighted by Crippen LogP contribution is -2.36. The Morgan fingerprint density at radius 2 is 2.29 bits per heavy atom. The number of hydrogen-bond acceptors (Lipinski definition) is 5. The Balaban J connectivity index is 2.11. The number of aromatic nitrogens is 1.